The van der Waals surface area contributed by atoms with Crippen molar-refractivity contribution in [3.05, 3.63) is 28.8 Å². The molecule has 0 atom stereocenters. The molecule has 1 heterocycles. The molecule has 134 valence electrons. The average Bonchev–Trinajstić information content (AvgIpc) is 2.55. The molecule has 0 bridgehead atoms. The Morgan fingerprint density at radius 3 is 2.50 bits per heavy atom. The SMILES string of the molecule is Cc1cc(C(=O)NCCO)cc(S(=O)(=O)N2CCC(C)CC2)c1C. The standard InChI is InChI=1S/C17H26N2O4S/c1-12-4-7-19(8-5-12)24(22,23)16-11-15(10-13(2)14(16)3)17(21)18-6-9-20/h10-12,20H,4-9H2,1-3H3,(H,18,21). The molecule has 1 fully saturated rings. The lowest BCUT2D eigenvalue weighted by Crippen LogP contribution is -2.38. The van der Waals surface area contributed by atoms with Gasteiger partial charge in [-0.25, -0.2) is 8.42 Å². The lowest BCUT2D eigenvalue weighted by Gasteiger charge is -2.30. The number of nitrogens with one attached hydrogen (secondary N) is 1. The maximum atomic E-state index is 13.0. The van der Waals surface area contributed by atoms with Crippen molar-refractivity contribution in [3.63, 3.8) is 0 Å². The Morgan fingerprint density at radius 1 is 1.29 bits per heavy atom. The number of rotatable bonds is 5. The minimum absolute atomic E-state index is 0.137. The third-order valence-electron chi connectivity index (χ3n) is 4.64. The molecule has 1 aliphatic rings. The summed E-state index contributed by atoms with van der Waals surface area (Å²) < 4.78 is 27.5. The highest BCUT2D eigenvalue weighted by Gasteiger charge is 2.30. The van der Waals surface area contributed by atoms with E-state index in [2.05, 4.69) is 12.2 Å². The highest BCUT2D eigenvalue weighted by molar-refractivity contribution is 7.89. The van der Waals surface area contributed by atoms with Gasteiger partial charge in [0, 0.05) is 25.2 Å². The fraction of sp³-hybridized carbons (Fsp3) is 0.588. The van der Waals surface area contributed by atoms with Crippen LogP contribution in [-0.4, -0.2) is 50.0 Å². The Kier molecular flexibility index (Phi) is 6.01. The molecule has 0 aromatic heterocycles. The van der Waals surface area contributed by atoms with Gasteiger partial charge in [0.1, 0.15) is 0 Å². The van der Waals surface area contributed by atoms with Crippen molar-refractivity contribution < 1.29 is 18.3 Å². The largest absolute Gasteiger partial charge is 0.395 e. The number of sulfonamides is 1. The van der Waals surface area contributed by atoms with E-state index in [1.807, 2.05) is 0 Å². The van der Waals surface area contributed by atoms with Crippen LogP contribution in [0.3, 0.4) is 0 Å². The number of nitrogens with zero attached hydrogens (tertiary/aromatic N) is 1. The van der Waals surface area contributed by atoms with E-state index in [4.69, 9.17) is 5.11 Å². The number of benzene rings is 1. The van der Waals surface area contributed by atoms with Gasteiger partial charge in [0.15, 0.2) is 0 Å². The van der Waals surface area contributed by atoms with Gasteiger partial charge in [-0.05, 0) is 55.9 Å². The fourth-order valence-corrected chi connectivity index (χ4v) is 4.66. The van der Waals surface area contributed by atoms with Gasteiger partial charge in [0.25, 0.3) is 5.91 Å². The molecule has 1 aliphatic heterocycles. The van der Waals surface area contributed by atoms with E-state index in [0.29, 0.717) is 30.1 Å². The van der Waals surface area contributed by atoms with E-state index in [1.54, 1.807) is 19.9 Å². The summed E-state index contributed by atoms with van der Waals surface area (Å²) in [5.41, 5.74) is 1.73. The third-order valence-corrected chi connectivity index (χ3v) is 6.66. The monoisotopic (exact) mass is 354 g/mol. The van der Waals surface area contributed by atoms with E-state index in [-0.39, 0.29) is 24.0 Å². The minimum atomic E-state index is -3.61. The third kappa shape index (κ3) is 3.96. The topological polar surface area (TPSA) is 86.7 Å². The summed E-state index contributed by atoms with van der Waals surface area (Å²) in [6.45, 7) is 6.71. The van der Waals surface area contributed by atoms with Crippen molar-refractivity contribution in [2.75, 3.05) is 26.2 Å². The lowest BCUT2D eigenvalue weighted by atomic mass is 10.0. The van der Waals surface area contributed by atoms with Crippen molar-refractivity contribution in [1.29, 1.82) is 0 Å². The smallest absolute Gasteiger partial charge is 0.251 e. The average molecular weight is 354 g/mol. The Morgan fingerprint density at radius 2 is 1.92 bits per heavy atom. The van der Waals surface area contributed by atoms with Gasteiger partial charge >= 0.3 is 0 Å². The first-order valence-corrected chi connectivity index (χ1v) is 9.72. The molecule has 0 aliphatic carbocycles. The van der Waals surface area contributed by atoms with Crippen LogP contribution in [-0.2, 0) is 10.0 Å². The first-order chi connectivity index (χ1) is 11.3. The molecule has 7 heteroatoms. The lowest BCUT2D eigenvalue weighted by molar-refractivity contribution is 0.0944. The summed E-state index contributed by atoms with van der Waals surface area (Å²) in [5.74, 6) is 0.158. The second kappa shape index (κ2) is 7.63. The molecule has 0 radical (unpaired) electrons. The Balaban J connectivity index is 2.38. The number of aliphatic hydroxyl groups excluding tert-OH is 1. The number of aryl methyl sites for hydroxylation is 1. The van der Waals surface area contributed by atoms with Crippen LogP contribution in [0.1, 0.15) is 41.3 Å². The highest BCUT2D eigenvalue weighted by Crippen LogP contribution is 2.27. The van der Waals surface area contributed by atoms with Crippen LogP contribution in [0.25, 0.3) is 0 Å². The predicted molar refractivity (Wildman–Crippen MR) is 92.5 cm³/mol. The molecule has 2 N–H and O–H groups in total. The van der Waals surface area contributed by atoms with Crippen LogP contribution >= 0.6 is 0 Å². The molecular formula is C17H26N2O4S. The molecular weight excluding hydrogens is 328 g/mol. The van der Waals surface area contributed by atoms with Crippen LogP contribution in [0.15, 0.2) is 17.0 Å². The van der Waals surface area contributed by atoms with Crippen molar-refractivity contribution in [3.8, 4) is 0 Å². The predicted octanol–water partition coefficient (Wildman–Crippen LogP) is 1.45. The Labute approximate surface area is 143 Å². The first kappa shape index (κ1) is 18.9. The number of aliphatic hydroxyl groups is 1. The summed E-state index contributed by atoms with van der Waals surface area (Å²) in [6, 6.07) is 3.13. The quantitative estimate of drug-likeness (QED) is 0.838. The van der Waals surface area contributed by atoms with Crippen molar-refractivity contribution in [2.24, 2.45) is 5.92 Å². The molecule has 1 amide bonds. The normalized spacial score (nSPS) is 17.0. The zero-order chi connectivity index (χ0) is 17.9. The van der Waals surface area contributed by atoms with Gasteiger partial charge in [-0.3, -0.25) is 4.79 Å². The fourth-order valence-electron chi connectivity index (χ4n) is 2.86. The van der Waals surface area contributed by atoms with Gasteiger partial charge in [-0.2, -0.15) is 4.31 Å². The van der Waals surface area contributed by atoms with Crippen LogP contribution < -0.4 is 5.32 Å². The van der Waals surface area contributed by atoms with Crippen LogP contribution in [0.2, 0.25) is 0 Å². The summed E-state index contributed by atoms with van der Waals surface area (Å²) >= 11 is 0. The van der Waals surface area contributed by atoms with Crippen molar-refractivity contribution >= 4 is 15.9 Å². The van der Waals surface area contributed by atoms with Gasteiger partial charge in [-0.15, -0.1) is 0 Å². The second-order valence-electron chi connectivity index (χ2n) is 6.48. The van der Waals surface area contributed by atoms with Crippen molar-refractivity contribution in [1.82, 2.24) is 9.62 Å². The molecule has 0 spiro atoms. The van der Waals surface area contributed by atoms with Gasteiger partial charge in [0.05, 0.1) is 11.5 Å². The number of hydrogen-bond donors (Lipinski definition) is 2. The number of amides is 1. The van der Waals surface area contributed by atoms with E-state index in [0.717, 1.165) is 18.4 Å². The van der Waals surface area contributed by atoms with Crippen LogP contribution in [0.5, 0.6) is 0 Å². The van der Waals surface area contributed by atoms with Gasteiger partial charge < -0.3 is 10.4 Å². The molecule has 6 nitrogen and oxygen atoms in total. The van der Waals surface area contributed by atoms with E-state index in [1.165, 1.54) is 10.4 Å². The number of piperidine rings is 1. The Bertz CT molecular complexity index is 708. The summed E-state index contributed by atoms with van der Waals surface area (Å²) in [4.78, 5) is 12.3. The van der Waals surface area contributed by atoms with Crippen molar-refractivity contribution in [2.45, 2.75) is 38.5 Å². The molecule has 24 heavy (non-hydrogen) atoms. The minimum Gasteiger partial charge on any atom is -0.395 e. The zero-order valence-corrected chi connectivity index (χ0v) is 15.3. The Hall–Kier alpha value is -1.44. The second-order valence-corrected chi connectivity index (χ2v) is 8.39. The molecule has 1 aromatic rings. The molecule has 1 saturated heterocycles. The van der Waals surface area contributed by atoms with Gasteiger partial charge in [-0.1, -0.05) is 6.92 Å². The molecule has 1 aromatic carbocycles. The van der Waals surface area contributed by atoms with Gasteiger partial charge in [0.2, 0.25) is 10.0 Å². The maximum absolute atomic E-state index is 13.0. The van der Waals surface area contributed by atoms with E-state index in [9.17, 15) is 13.2 Å². The molecule has 0 saturated carbocycles. The summed E-state index contributed by atoms with van der Waals surface area (Å²) in [7, 11) is -3.61. The summed E-state index contributed by atoms with van der Waals surface area (Å²) in [5, 5.41) is 11.4. The number of hydrogen-bond acceptors (Lipinski definition) is 4. The first-order valence-electron chi connectivity index (χ1n) is 8.27. The number of carbonyl (C=O) groups is 1. The molecule has 0 unspecified atom stereocenters. The molecule has 2 rings (SSSR count). The highest BCUT2D eigenvalue weighted by atomic mass is 32.2. The van der Waals surface area contributed by atoms with Crippen LogP contribution in [0, 0.1) is 19.8 Å². The number of carbonyl (C=O) groups excluding carboxylic acids is 1. The maximum Gasteiger partial charge on any atom is 0.251 e. The summed E-state index contributed by atoms with van der Waals surface area (Å²) in [6.07, 6.45) is 1.71. The van der Waals surface area contributed by atoms with E-state index < -0.39 is 10.0 Å². The van der Waals surface area contributed by atoms with E-state index >= 15 is 0 Å². The zero-order valence-electron chi connectivity index (χ0n) is 14.5. The van der Waals surface area contributed by atoms with Crippen LogP contribution in [0.4, 0.5) is 0 Å².